The fourth-order valence-electron chi connectivity index (χ4n) is 2.32. The van der Waals surface area contributed by atoms with Crippen molar-refractivity contribution in [3.05, 3.63) is 29.8 Å². The Kier molecular flexibility index (Phi) is 4.44. The minimum absolute atomic E-state index is 0.270. The Labute approximate surface area is 114 Å². The maximum absolute atomic E-state index is 11.4. The molecule has 0 atom stereocenters. The summed E-state index contributed by atoms with van der Waals surface area (Å²) >= 11 is 0. The topological polar surface area (TPSA) is 69.6 Å². The van der Waals surface area contributed by atoms with E-state index in [1.807, 2.05) is 12.1 Å². The molecule has 0 radical (unpaired) electrons. The van der Waals surface area contributed by atoms with Crippen molar-refractivity contribution in [2.45, 2.75) is 25.4 Å². The molecule has 0 bridgehead atoms. The number of phenols is 1. The van der Waals surface area contributed by atoms with Gasteiger partial charge in [0.15, 0.2) is 0 Å². The molecule has 19 heavy (non-hydrogen) atoms. The Morgan fingerprint density at radius 1 is 1.37 bits per heavy atom. The summed E-state index contributed by atoms with van der Waals surface area (Å²) in [5, 5.41) is 12.8. The third-order valence-corrected chi connectivity index (χ3v) is 4.73. The monoisotopic (exact) mass is 284 g/mol. The number of aromatic hydroxyl groups is 1. The molecule has 1 aromatic carbocycles. The molecule has 0 spiro atoms. The molecule has 106 valence electrons. The molecule has 0 aliphatic carbocycles. The second kappa shape index (κ2) is 5.90. The van der Waals surface area contributed by atoms with Gasteiger partial charge in [-0.15, -0.1) is 0 Å². The van der Waals surface area contributed by atoms with Gasteiger partial charge in [0.2, 0.25) is 10.0 Å². The number of piperidine rings is 1. The molecule has 1 aliphatic heterocycles. The summed E-state index contributed by atoms with van der Waals surface area (Å²) in [5.74, 6) is 0.270. The van der Waals surface area contributed by atoms with E-state index in [2.05, 4.69) is 5.32 Å². The van der Waals surface area contributed by atoms with Crippen molar-refractivity contribution in [2.75, 3.05) is 19.3 Å². The summed E-state index contributed by atoms with van der Waals surface area (Å²) in [7, 11) is -3.05. The highest BCUT2D eigenvalue weighted by atomic mass is 32.2. The van der Waals surface area contributed by atoms with Crippen LogP contribution in [0.5, 0.6) is 5.75 Å². The van der Waals surface area contributed by atoms with E-state index in [1.165, 1.54) is 10.6 Å². The molecule has 1 fully saturated rings. The van der Waals surface area contributed by atoms with Gasteiger partial charge in [-0.2, -0.15) is 0 Å². The predicted molar refractivity (Wildman–Crippen MR) is 74.4 cm³/mol. The normalized spacial score (nSPS) is 18.6. The summed E-state index contributed by atoms with van der Waals surface area (Å²) in [6.45, 7) is 1.85. The number of benzene rings is 1. The van der Waals surface area contributed by atoms with E-state index < -0.39 is 10.0 Å². The third-order valence-electron chi connectivity index (χ3n) is 3.43. The van der Waals surface area contributed by atoms with Gasteiger partial charge in [0.05, 0.1) is 6.26 Å². The minimum atomic E-state index is -3.05. The zero-order valence-corrected chi connectivity index (χ0v) is 11.9. The van der Waals surface area contributed by atoms with Crippen LogP contribution in [0, 0.1) is 0 Å². The molecule has 0 amide bonds. The van der Waals surface area contributed by atoms with Gasteiger partial charge in [0, 0.05) is 25.7 Å². The Balaban J connectivity index is 1.80. The van der Waals surface area contributed by atoms with Crippen LogP contribution in [0.1, 0.15) is 18.4 Å². The van der Waals surface area contributed by atoms with Crippen LogP contribution in [0.15, 0.2) is 24.3 Å². The lowest BCUT2D eigenvalue weighted by atomic mass is 10.1. The molecule has 0 unspecified atom stereocenters. The van der Waals surface area contributed by atoms with Gasteiger partial charge in [0.1, 0.15) is 5.75 Å². The van der Waals surface area contributed by atoms with Crippen molar-refractivity contribution in [2.24, 2.45) is 0 Å². The second-order valence-electron chi connectivity index (χ2n) is 4.99. The smallest absolute Gasteiger partial charge is 0.211 e. The average molecular weight is 284 g/mol. The lowest BCUT2D eigenvalue weighted by molar-refractivity contribution is 0.290. The Bertz CT molecular complexity index is 522. The average Bonchev–Trinajstić information content (AvgIpc) is 2.36. The fourth-order valence-corrected chi connectivity index (χ4v) is 3.19. The third kappa shape index (κ3) is 4.19. The Morgan fingerprint density at radius 3 is 2.63 bits per heavy atom. The van der Waals surface area contributed by atoms with Gasteiger partial charge >= 0.3 is 0 Å². The van der Waals surface area contributed by atoms with Gasteiger partial charge in [-0.1, -0.05) is 12.1 Å². The van der Waals surface area contributed by atoms with E-state index in [4.69, 9.17) is 0 Å². The largest absolute Gasteiger partial charge is 0.508 e. The summed E-state index contributed by atoms with van der Waals surface area (Å²) in [6, 6.07) is 7.49. The standard InChI is InChI=1S/C13H20N2O3S/c1-19(17,18)15-7-5-12(6-8-15)14-10-11-3-2-4-13(16)9-11/h2-4,9,12,14,16H,5-8,10H2,1H3. The molecule has 5 nitrogen and oxygen atoms in total. The number of phenolic OH excluding ortho intramolecular Hbond substituents is 1. The molecule has 2 rings (SSSR count). The highest BCUT2D eigenvalue weighted by Crippen LogP contribution is 2.15. The van der Waals surface area contributed by atoms with Crippen molar-refractivity contribution < 1.29 is 13.5 Å². The highest BCUT2D eigenvalue weighted by molar-refractivity contribution is 7.88. The van der Waals surface area contributed by atoms with E-state index in [1.54, 1.807) is 12.1 Å². The summed E-state index contributed by atoms with van der Waals surface area (Å²) in [4.78, 5) is 0. The number of sulfonamides is 1. The predicted octanol–water partition coefficient (Wildman–Crippen LogP) is 0.906. The summed E-state index contributed by atoms with van der Waals surface area (Å²) in [6.07, 6.45) is 2.91. The zero-order chi connectivity index (χ0) is 13.9. The first-order valence-electron chi connectivity index (χ1n) is 6.41. The second-order valence-corrected chi connectivity index (χ2v) is 6.97. The number of hydrogen-bond donors (Lipinski definition) is 2. The maximum Gasteiger partial charge on any atom is 0.211 e. The van der Waals surface area contributed by atoms with E-state index in [0.29, 0.717) is 25.7 Å². The van der Waals surface area contributed by atoms with Gasteiger partial charge in [-0.25, -0.2) is 12.7 Å². The van der Waals surface area contributed by atoms with Crippen molar-refractivity contribution in [3.8, 4) is 5.75 Å². The highest BCUT2D eigenvalue weighted by Gasteiger charge is 2.24. The summed E-state index contributed by atoms with van der Waals surface area (Å²) < 4.78 is 24.3. The van der Waals surface area contributed by atoms with Crippen molar-refractivity contribution in [1.82, 2.24) is 9.62 Å². The van der Waals surface area contributed by atoms with Gasteiger partial charge in [-0.05, 0) is 30.5 Å². The molecule has 6 heteroatoms. The van der Waals surface area contributed by atoms with Crippen LogP contribution in [-0.4, -0.2) is 43.2 Å². The first kappa shape index (κ1) is 14.3. The van der Waals surface area contributed by atoms with Gasteiger partial charge in [0.25, 0.3) is 0 Å². The maximum atomic E-state index is 11.4. The molecule has 1 saturated heterocycles. The van der Waals surface area contributed by atoms with E-state index in [9.17, 15) is 13.5 Å². The molecule has 2 N–H and O–H groups in total. The molecule has 1 heterocycles. The Morgan fingerprint density at radius 2 is 2.05 bits per heavy atom. The molecule has 1 aromatic rings. The zero-order valence-electron chi connectivity index (χ0n) is 11.0. The molecule has 1 aliphatic rings. The van der Waals surface area contributed by atoms with E-state index in [-0.39, 0.29) is 5.75 Å². The van der Waals surface area contributed by atoms with Crippen molar-refractivity contribution >= 4 is 10.0 Å². The molecular formula is C13H20N2O3S. The van der Waals surface area contributed by atoms with Gasteiger partial charge < -0.3 is 10.4 Å². The molecular weight excluding hydrogens is 264 g/mol. The minimum Gasteiger partial charge on any atom is -0.508 e. The number of nitrogens with one attached hydrogen (secondary N) is 1. The van der Waals surface area contributed by atoms with Crippen LogP contribution in [0.2, 0.25) is 0 Å². The van der Waals surface area contributed by atoms with Crippen molar-refractivity contribution in [1.29, 1.82) is 0 Å². The molecule has 0 saturated carbocycles. The van der Waals surface area contributed by atoms with E-state index >= 15 is 0 Å². The summed E-state index contributed by atoms with van der Waals surface area (Å²) in [5.41, 5.74) is 1.03. The lowest BCUT2D eigenvalue weighted by Gasteiger charge is -2.30. The quantitative estimate of drug-likeness (QED) is 0.862. The number of rotatable bonds is 4. The van der Waals surface area contributed by atoms with Crippen molar-refractivity contribution in [3.63, 3.8) is 0 Å². The molecule has 0 aromatic heterocycles. The first-order chi connectivity index (χ1) is 8.95. The van der Waals surface area contributed by atoms with Crippen LogP contribution in [0.4, 0.5) is 0 Å². The van der Waals surface area contributed by atoms with Gasteiger partial charge in [-0.3, -0.25) is 0 Å². The number of hydrogen-bond acceptors (Lipinski definition) is 4. The number of nitrogens with zero attached hydrogens (tertiary/aromatic N) is 1. The fraction of sp³-hybridized carbons (Fsp3) is 0.538. The lowest BCUT2D eigenvalue weighted by Crippen LogP contribution is -2.44. The van der Waals surface area contributed by atoms with Crippen LogP contribution in [0.25, 0.3) is 0 Å². The van der Waals surface area contributed by atoms with Crippen LogP contribution < -0.4 is 5.32 Å². The first-order valence-corrected chi connectivity index (χ1v) is 8.26. The van der Waals surface area contributed by atoms with Crippen LogP contribution >= 0.6 is 0 Å². The van der Waals surface area contributed by atoms with Crippen LogP contribution in [-0.2, 0) is 16.6 Å². The Hall–Kier alpha value is -1.11. The van der Waals surface area contributed by atoms with Crippen LogP contribution in [0.3, 0.4) is 0 Å². The SMILES string of the molecule is CS(=O)(=O)N1CCC(NCc2cccc(O)c2)CC1. The van der Waals surface area contributed by atoms with E-state index in [0.717, 1.165) is 18.4 Å².